The fourth-order valence-electron chi connectivity index (χ4n) is 1.62. The molecule has 3 N–H and O–H groups in total. The summed E-state index contributed by atoms with van der Waals surface area (Å²) in [7, 11) is 1.83. The zero-order chi connectivity index (χ0) is 13.7. The van der Waals surface area contributed by atoms with Crippen LogP contribution in [0.5, 0.6) is 0 Å². The highest BCUT2D eigenvalue weighted by molar-refractivity contribution is 5.96. The van der Waals surface area contributed by atoms with Crippen LogP contribution >= 0.6 is 0 Å². The molecule has 0 aliphatic heterocycles. The van der Waals surface area contributed by atoms with Crippen molar-refractivity contribution in [3.05, 3.63) is 35.4 Å². The van der Waals surface area contributed by atoms with Crippen LogP contribution in [0.15, 0.2) is 24.3 Å². The van der Waals surface area contributed by atoms with Crippen LogP contribution in [0.25, 0.3) is 0 Å². The number of primary amides is 1. The molecule has 5 nitrogen and oxygen atoms in total. The van der Waals surface area contributed by atoms with Gasteiger partial charge in [0.1, 0.15) is 0 Å². The zero-order valence-corrected chi connectivity index (χ0v) is 10.9. The third-order valence-electron chi connectivity index (χ3n) is 2.97. The molecule has 5 heteroatoms. The average Bonchev–Trinajstić information content (AvgIpc) is 2.30. The van der Waals surface area contributed by atoms with Crippen molar-refractivity contribution in [1.82, 2.24) is 10.2 Å². The van der Waals surface area contributed by atoms with E-state index < -0.39 is 18.0 Å². The van der Waals surface area contributed by atoms with Gasteiger partial charge in [0.2, 0.25) is 5.91 Å². The van der Waals surface area contributed by atoms with E-state index >= 15 is 0 Å². The Morgan fingerprint density at radius 3 is 2.56 bits per heavy atom. The van der Waals surface area contributed by atoms with Gasteiger partial charge in [-0.05, 0) is 32.0 Å². The lowest BCUT2D eigenvalue weighted by molar-refractivity contribution is -0.124. The van der Waals surface area contributed by atoms with E-state index in [4.69, 9.17) is 5.73 Å². The number of benzene rings is 1. The number of rotatable bonds is 4. The van der Waals surface area contributed by atoms with E-state index in [9.17, 15) is 9.59 Å². The number of nitrogens with one attached hydrogen (secondary N) is 1. The molecule has 0 aliphatic carbocycles. The molecule has 0 aromatic heterocycles. The van der Waals surface area contributed by atoms with Crippen molar-refractivity contribution in [3.63, 3.8) is 0 Å². The molecule has 0 spiro atoms. The first kappa shape index (κ1) is 14.2. The van der Waals surface area contributed by atoms with Gasteiger partial charge in [-0.15, -0.1) is 0 Å². The van der Waals surface area contributed by atoms with Crippen molar-refractivity contribution in [3.8, 4) is 0 Å². The highest BCUT2D eigenvalue weighted by atomic mass is 16.2. The molecule has 0 heterocycles. The Hall–Kier alpha value is -1.88. The maximum absolute atomic E-state index is 11.6. The third-order valence-corrected chi connectivity index (χ3v) is 2.97. The first-order chi connectivity index (χ1) is 8.41. The van der Waals surface area contributed by atoms with Crippen molar-refractivity contribution in [2.24, 2.45) is 5.73 Å². The van der Waals surface area contributed by atoms with E-state index in [0.717, 1.165) is 5.56 Å². The van der Waals surface area contributed by atoms with E-state index in [1.807, 2.05) is 43.1 Å². The molecule has 0 saturated heterocycles. The molecule has 0 radical (unpaired) electrons. The van der Waals surface area contributed by atoms with Crippen LogP contribution in [0.2, 0.25) is 0 Å². The molecule has 98 valence electrons. The number of nitrogens with zero attached hydrogens (tertiary/aromatic N) is 1. The van der Waals surface area contributed by atoms with Crippen LogP contribution in [0, 0.1) is 6.92 Å². The number of hydrogen-bond donors (Lipinski definition) is 2. The molecule has 1 aromatic carbocycles. The minimum atomic E-state index is -0.823. The van der Waals surface area contributed by atoms with E-state index in [1.165, 1.54) is 5.56 Å². The number of carbonyl (C=O) groups is 2. The molecule has 0 saturated carbocycles. The quantitative estimate of drug-likeness (QED) is 0.836. The molecular weight excluding hydrogens is 230 g/mol. The topological polar surface area (TPSA) is 75.4 Å². The third kappa shape index (κ3) is 3.85. The fraction of sp³-hybridized carbons (Fsp3) is 0.385. The number of hydrogen-bond acceptors (Lipinski definition) is 3. The minimum Gasteiger partial charge on any atom is -0.351 e. The summed E-state index contributed by atoms with van der Waals surface area (Å²) in [6.45, 7) is 4.40. The van der Waals surface area contributed by atoms with E-state index in [-0.39, 0.29) is 0 Å². The summed E-state index contributed by atoms with van der Waals surface area (Å²) in [4.78, 5) is 24.1. The van der Waals surface area contributed by atoms with E-state index in [2.05, 4.69) is 5.32 Å². The number of aryl methyl sites for hydroxylation is 1. The van der Waals surface area contributed by atoms with Gasteiger partial charge < -0.3 is 5.73 Å². The van der Waals surface area contributed by atoms with Gasteiger partial charge >= 0.3 is 6.03 Å². The predicted molar refractivity (Wildman–Crippen MR) is 69.8 cm³/mol. The van der Waals surface area contributed by atoms with Crippen molar-refractivity contribution in [1.29, 1.82) is 0 Å². The monoisotopic (exact) mass is 249 g/mol. The van der Waals surface area contributed by atoms with Gasteiger partial charge in [-0.2, -0.15) is 0 Å². The number of imide groups is 1. The minimum absolute atomic E-state index is 0.390. The number of amides is 3. The lowest BCUT2D eigenvalue weighted by Crippen LogP contribution is -2.46. The summed E-state index contributed by atoms with van der Waals surface area (Å²) in [5.74, 6) is -0.390. The SMILES string of the molecule is Cc1ccccc1CN(C)[C@@H](C)C(=O)NC(N)=O. The number of urea groups is 1. The first-order valence-electron chi connectivity index (χ1n) is 5.77. The highest BCUT2D eigenvalue weighted by Gasteiger charge is 2.19. The van der Waals surface area contributed by atoms with Crippen LogP contribution in [-0.2, 0) is 11.3 Å². The van der Waals surface area contributed by atoms with Gasteiger partial charge in [0.05, 0.1) is 6.04 Å². The molecule has 1 rings (SSSR count). The molecular formula is C13H19N3O2. The standard InChI is InChI=1S/C13H19N3O2/c1-9-6-4-5-7-11(9)8-16(3)10(2)12(17)15-13(14)18/h4-7,10H,8H2,1-3H3,(H3,14,15,17,18)/t10-/m0/s1. The molecule has 0 aliphatic rings. The molecule has 1 atom stereocenters. The Bertz CT molecular complexity index is 446. The molecule has 0 bridgehead atoms. The van der Waals surface area contributed by atoms with Crippen LogP contribution in [-0.4, -0.2) is 29.9 Å². The normalized spacial score (nSPS) is 12.2. The first-order valence-corrected chi connectivity index (χ1v) is 5.77. The summed E-state index contributed by atoms with van der Waals surface area (Å²) in [6.07, 6.45) is 0. The number of nitrogens with two attached hydrogens (primary N) is 1. The Morgan fingerprint density at radius 2 is 2.00 bits per heavy atom. The Balaban J connectivity index is 2.65. The smallest absolute Gasteiger partial charge is 0.318 e. The van der Waals surface area contributed by atoms with Crippen LogP contribution in [0.1, 0.15) is 18.1 Å². The number of likely N-dealkylation sites (N-methyl/N-ethyl adjacent to an activating group) is 1. The molecule has 0 fully saturated rings. The largest absolute Gasteiger partial charge is 0.351 e. The highest BCUT2D eigenvalue weighted by Crippen LogP contribution is 2.11. The fourth-order valence-corrected chi connectivity index (χ4v) is 1.62. The van der Waals surface area contributed by atoms with E-state index in [1.54, 1.807) is 6.92 Å². The van der Waals surface area contributed by atoms with Crippen molar-refractivity contribution in [2.45, 2.75) is 26.4 Å². The maximum atomic E-state index is 11.6. The van der Waals surface area contributed by atoms with E-state index in [0.29, 0.717) is 6.54 Å². The van der Waals surface area contributed by atoms with Crippen LogP contribution in [0.3, 0.4) is 0 Å². The van der Waals surface area contributed by atoms with Gasteiger partial charge in [0.15, 0.2) is 0 Å². The molecule has 3 amide bonds. The molecule has 18 heavy (non-hydrogen) atoms. The Morgan fingerprint density at radius 1 is 1.39 bits per heavy atom. The van der Waals surface area contributed by atoms with Gasteiger partial charge in [0.25, 0.3) is 0 Å². The Labute approximate surface area is 107 Å². The maximum Gasteiger partial charge on any atom is 0.318 e. The summed E-state index contributed by atoms with van der Waals surface area (Å²) in [6, 6.07) is 6.74. The van der Waals surface area contributed by atoms with Crippen LogP contribution in [0.4, 0.5) is 4.79 Å². The molecule has 0 unspecified atom stereocenters. The molecule has 1 aromatic rings. The lowest BCUT2D eigenvalue weighted by atomic mass is 10.1. The lowest BCUT2D eigenvalue weighted by Gasteiger charge is -2.24. The summed E-state index contributed by atoms with van der Waals surface area (Å²) in [5.41, 5.74) is 7.24. The summed E-state index contributed by atoms with van der Waals surface area (Å²) in [5, 5.41) is 2.08. The Kier molecular flexibility index (Phi) is 4.85. The average molecular weight is 249 g/mol. The second-order valence-corrected chi connectivity index (χ2v) is 4.37. The predicted octanol–water partition coefficient (Wildman–Crippen LogP) is 1.01. The van der Waals surface area contributed by atoms with Gasteiger partial charge in [-0.1, -0.05) is 24.3 Å². The second-order valence-electron chi connectivity index (χ2n) is 4.37. The van der Waals surface area contributed by atoms with Crippen molar-refractivity contribution >= 4 is 11.9 Å². The zero-order valence-electron chi connectivity index (χ0n) is 10.9. The van der Waals surface area contributed by atoms with Crippen LogP contribution < -0.4 is 11.1 Å². The van der Waals surface area contributed by atoms with Crippen molar-refractivity contribution < 1.29 is 9.59 Å². The summed E-state index contributed by atoms with van der Waals surface area (Å²) >= 11 is 0. The van der Waals surface area contributed by atoms with Gasteiger partial charge in [-0.3, -0.25) is 15.0 Å². The summed E-state index contributed by atoms with van der Waals surface area (Å²) < 4.78 is 0. The van der Waals surface area contributed by atoms with Gasteiger partial charge in [-0.25, -0.2) is 4.79 Å². The second kappa shape index (κ2) is 6.16. The van der Waals surface area contributed by atoms with Gasteiger partial charge in [0, 0.05) is 6.54 Å². The number of carbonyl (C=O) groups excluding carboxylic acids is 2. The van der Waals surface area contributed by atoms with Crippen molar-refractivity contribution in [2.75, 3.05) is 7.05 Å².